The third-order valence-electron chi connectivity index (χ3n) is 1.23. The van der Waals surface area contributed by atoms with E-state index in [1.165, 1.54) is 0 Å². The molecule has 1 rings (SSSR count). The molecule has 0 aromatic heterocycles. The van der Waals surface area contributed by atoms with E-state index < -0.39 is 23.1 Å². The summed E-state index contributed by atoms with van der Waals surface area (Å²) >= 11 is 0. The van der Waals surface area contributed by atoms with Crippen LogP contribution in [0.2, 0.25) is 0 Å². The summed E-state index contributed by atoms with van der Waals surface area (Å²) in [4.78, 5) is 0. The SMILES string of the molecule is C#CS1=CCC(C(F)F)N1. The first-order valence-corrected chi connectivity index (χ1v) is 4.10. The molecule has 0 aliphatic carbocycles. The lowest BCUT2D eigenvalue weighted by Crippen LogP contribution is -2.27. The van der Waals surface area contributed by atoms with Crippen LogP contribution in [0.15, 0.2) is 0 Å². The normalized spacial score (nSPS) is 31.8. The Balaban J connectivity index is 2.46. The third kappa shape index (κ3) is 1.55. The minimum absolute atomic E-state index is 0.380. The molecular weight excluding hydrogens is 156 g/mol. The van der Waals surface area contributed by atoms with Gasteiger partial charge >= 0.3 is 0 Å². The summed E-state index contributed by atoms with van der Waals surface area (Å²) in [5.74, 6) is 0. The summed E-state index contributed by atoms with van der Waals surface area (Å²) in [6, 6.07) is -0.723. The zero-order valence-electron chi connectivity index (χ0n) is 5.18. The topological polar surface area (TPSA) is 12.0 Å². The lowest BCUT2D eigenvalue weighted by atomic mass is 10.3. The monoisotopic (exact) mass is 163 g/mol. The lowest BCUT2D eigenvalue weighted by molar-refractivity contribution is 0.114. The molecule has 1 aliphatic heterocycles. The Labute approximate surface area is 60.9 Å². The van der Waals surface area contributed by atoms with Gasteiger partial charge in [0.1, 0.15) is 0 Å². The van der Waals surface area contributed by atoms with Crippen LogP contribution >= 0.6 is 10.7 Å². The number of rotatable bonds is 1. The standard InChI is InChI=1S/C6H7F2NS/c1-2-10-4-3-5(9-10)6(7)8/h1,4-6,9H,3H2. The average Bonchev–Trinajstić information content (AvgIpc) is 2.34. The quantitative estimate of drug-likeness (QED) is 0.452. The smallest absolute Gasteiger partial charge is 0.250 e. The summed E-state index contributed by atoms with van der Waals surface area (Å²) in [5.41, 5.74) is 0. The molecule has 1 aliphatic rings. The number of terminal acetylenes is 1. The Morgan fingerprint density at radius 3 is 2.80 bits per heavy atom. The molecule has 0 saturated carbocycles. The van der Waals surface area contributed by atoms with E-state index in [0.29, 0.717) is 6.42 Å². The maximum atomic E-state index is 11.9. The number of hydrogen-bond donors (Lipinski definition) is 1. The van der Waals surface area contributed by atoms with Crippen molar-refractivity contribution in [1.82, 2.24) is 4.72 Å². The van der Waals surface area contributed by atoms with Gasteiger partial charge in [-0.05, 0) is 27.7 Å². The summed E-state index contributed by atoms with van der Waals surface area (Å²) in [5, 5.41) is 4.10. The molecule has 1 N–H and O–H groups in total. The van der Waals surface area contributed by atoms with Gasteiger partial charge in [-0.25, -0.2) is 8.78 Å². The van der Waals surface area contributed by atoms with Crippen LogP contribution in [0.1, 0.15) is 6.42 Å². The molecular formula is C6H7F2NS. The van der Waals surface area contributed by atoms with Gasteiger partial charge < -0.3 is 0 Å². The Morgan fingerprint density at radius 1 is 1.80 bits per heavy atom. The zero-order valence-corrected chi connectivity index (χ0v) is 6.00. The lowest BCUT2D eigenvalue weighted by Gasteiger charge is -2.07. The van der Waals surface area contributed by atoms with Crippen LogP contribution in [0, 0.1) is 11.7 Å². The Hall–Kier alpha value is -0.400. The van der Waals surface area contributed by atoms with E-state index in [4.69, 9.17) is 6.42 Å². The molecule has 0 aromatic carbocycles. The number of halogens is 2. The predicted octanol–water partition coefficient (Wildman–Crippen LogP) is 1.19. The van der Waals surface area contributed by atoms with Gasteiger partial charge in [-0.2, -0.15) is 0 Å². The van der Waals surface area contributed by atoms with Gasteiger partial charge in [-0.1, -0.05) is 0 Å². The van der Waals surface area contributed by atoms with Crippen LogP contribution < -0.4 is 4.72 Å². The highest BCUT2D eigenvalue weighted by Crippen LogP contribution is 2.19. The second-order valence-electron chi connectivity index (χ2n) is 1.92. The second kappa shape index (κ2) is 3.13. The molecule has 0 saturated heterocycles. The molecule has 1 nitrogen and oxygen atoms in total. The van der Waals surface area contributed by atoms with Crippen LogP contribution in [-0.2, 0) is 0 Å². The first kappa shape index (κ1) is 7.70. The molecule has 1 heterocycles. The van der Waals surface area contributed by atoms with E-state index in [-0.39, 0.29) is 0 Å². The van der Waals surface area contributed by atoms with Gasteiger partial charge in [0.25, 0.3) is 6.43 Å². The molecule has 2 unspecified atom stereocenters. The highest BCUT2D eigenvalue weighted by atomic mass is 32.2. The van der Waals surface area contributed by atoms with Crippen molar-refractivity contribution in [2.24, 2.45) is 0 Å². The van der Waals surface area contributed by atoms with Crippen molar-refractivity contribution >= 4 is 16.0 Å². The Kier molecular flexibility index (Phi) is 2.41. The number of alkyl halides is 2. The molecule has 2 atom stereocenters. The van der Waals surface area contributed by atoms with Crippen molar-refractivity contribution in [2.45, 2.75) is 18.9 Å². The van der Waals surface area contributed by atoms with E-state index in [2.05, 4.69) is 9.97 Å². The summed E-state index contributed by atoms with van der Waals surface area (Å²) < 4.78 is 26.4. The summed E-state index contributed by atoms with van der Waals surface area (Å²) in [6.07, 6.45) is 3.10. The molecule has 0 bridgehead atoms. The van der Waals surface area contributed by atoms with Crippen molar-refractivity contribution in [3.63, 3.8) is 0 Å². The van der Waals surface area contributed by atoms with Gasteiger partial charge in [-0.3, -0.25) is 4.72 Å². The van der Waals surface area contributed by atoms with E-state index >= 15 is 0 Å². The van der Waals surface area contributed by atoms with E-state index in [9.17, 15) is 8.78 Å². The molecule has 0 radical (unpaired) electrons. The van der Waals surface area contributed by atoms with Gasteiger partial charge in [0.2, 0.25) is 0 Å². The van der Waals surface area contributed by atoms with Crippen LogP contribution in [-0.4, -0.2) is 17.8 Å². The largest absolute Gasteiger partial charge is 0.254 e. The minimum atomic E-state index is -2.30. The molecule has 4 heteroatoms. The predicted molar refractivity (Wildman–Crippen MR) is 40.0 cm³/mol. The van der Waals surface area contributed by atoms with Crippen molar-refractivity contribution in [3.05, 3.63) is 0 Å². The molecule has 0 spiro atoms. The van der Waals surface area contributed by atoms with Crippen LogP contribution in [0.25, 0.3) is 0 Å². The maximum Gasteiger partial charge on any atom is 0.254 e. The zero-order chi connectivity index (χ0) is 7.56. The molecule has 10 heavy (non-hydrogen) atoms. The van der Waals surface area contributed by atoms with Gasteiger partial charge in [0.15, 0.2) is 0 Å². The second-order valence-corrected chi connectivity index (χ2v) is 3.40. The Bertz CT molecular complexity index is 194. The van der Waals surface area contributed by atoms with E-state index in [1.54, 1.807) is 5.37 Å². The summed E-state index contributed by atoms with van der Waals surface area (Å²) in [7, 11) is -0.512. The van der Waals surface area contributed by atoms with Crippen molar-refractivity contribution < 1.29 is 8.78 Å². The molecule has 0 fully saturated rings. The van der Waals surface area contributed by atoms with Crippen LogP contribution in [0.5, 0.6) is 0 Å². The van der Waals surface area contributed by atoms with Gasteiger partial charge in [0.05, 0.1) is 6.04 Å². The first-order valence-electron chi connectivity index (χ1n) is 2.81. The van der Waals surface area contributed by atoms with Gasteiger partial charge in [-0.15, -0.1) is 6.42 Å². The molecule has 56 valence electrons. The molecule has 0 aromatic rings. The van der Waals surface area contributed by atoms with Crippen molar-refractivity contribution in [1.29, 1.82) is 0 Å². The molecule has 0 amide bonds. The Morgan fingerprint density at radius 2 is 2.50 bits per heavy atom. The first-order chi connectivity index (χ1) is 4.74. The van der Waals surface area contributed by atoms with Crippen molar-refractivity contribution in [3.8, 4) is 11.7 Å². The van der Waals surface area contributed by atoms with Crippen molar-refractivity contribution in [2.75, 3.05) is 0 Å². The number of nitrogens with one attached hydrogen (secondary N) is 1. The van der Waals surface area contributed by atoms with E-state index in [1.807, 2.05) is 0 Å². The fourth-order valence-electron chi connectivity index (χ4n) is 0.696. The highest BCUT2D eigenvalue weighted by molar-refractivity contribution is 8.17. The average molecular weight is 163 g/mol. The van der Waals surface area contributed by atoms with E-state index in [0.717, 1.165) is 0 Å². The van der Waals surface area contributed by atoms with Crippen LogP contribution in [0.4, 0.5) is 8.78 Å². The van der Waals surface area contributed by atoms with Gasteiger partial charge in [0, 0.05) is 0 Å². The third-order valence-corrected chi connectivity index (χ3v) is 2.56. The highest BCUT2D eigenvalue weighted by Gasteiger charge is 2.23. The fourth-order valence-corrected chi connectivity index (χ4v) is 1.88. The fraction of sp³-hybridized carbons (Fsp3) is 0.500. The summed E-state index contributed by atoms with van der Waals surface area (Å²) in [6.45, 7) is 0. The number of hydrogen-bond acceptors (Lipinski definition) is 1. The minimum Gasteiger partial charge on any atom is -0.250 e. The maximum absolute atomic E-state index is 11.9. The van der Waals surface area contributed by atoms with Crippen LogP contribution in [0.3, 0.4) is 0 Å².